The lowest BCUT2D eigenvalue weighted by molar-refractivity contribution is -0.127. The Morgan fingerprint density at radius 2 is 0.967 bits per heavy atom. The highest BCUT2D eigenvalue weighted by atomic mass is 35.5. The van der Waals surface area contributed by atoms with Crippen molar-refractivity contribution in [3.8, 4) is 44.3 Å². The zero-order chi connectivity index (χ0) is 91.3. The van der Waals surface area contributed by atoms with Crippen molar-refractivity contribution in [1.82, 2.24) is 29.1 Å². The quantitative estimate of drug-likeness (QED) is 0.106. The van der Waals surface area contributed by atoms with E-state index in [1.807, 2.05) is 265 Å². The van der Waals surface area contributed by atoms with Crippen molar-refractivity contribution in [2.24, 2.45) is 41.2 Å². The number of amides is 1. The Labute approximate surface area is 728 Å². The summed E-state index contributed by atoms with van der Waals surface area (Å²) in [6.45, 7) is 53.2. The molecule has 18 nitrogen and oxygen atoms in total. The monoisotopic (exact) mass is 1720 g/mol. The molecule has 1 amide bonds. The van der Waals surface area contributed by atoms with Crippen molar-refractivity contribution in [2.75, 3.05) is 5.32 Å². The number of aryl methyl sites for hydroxylation is 9. The number of hydrogen-bond acceptors (Lipinski definition) is 15. The molecule has 0 radical (unpaired) electrons. The first-order valence-electron chi connectivity index (χ1n) is 40.4. The van der Waals surface area contributed by atoms with Crippen molar-refractivity contribution in [3.05, 3.63) is 249 Å². The van der Waals surface area contributed by atoms with E-state index in [1.54, 1.807) is 113 Å². The number of nitrogens with one attached hydrogen (secondary N) is 1. The number of fused-ring (bicyclic) bond motifs is 1. The van der Waals surface area contributed by atoms with Crippen LogP contribution in [0.15, 0.2) is 207 Å². The zero-order valence-electron chi connectivity index (χ0n) is 76.6. The van der Waals surface area contributed by atoms with E-state index in [4.69, 9.17) is 20.4 Å². The van der Waals surface area contributed by atoms with Crippen LogP contribution in [-0.2, 0) is 61.1 Å². The molecule has 0 spiro atoms. The number of nitrogens with zero attached hydrogens (tertiary/aromatic N) is 6. The normalized spacial score (nSPS) is 12.0. The molecule has 648 valence electrons. The summed E-state index contributed by atoms with van der Waals surface area (Å²) in [5.74, 6) is 3.12. The molecule has 6 aromatic carbocycles. The Hall–Kier alpha value is -10.2. The van der Waals surface area contributed by atoms with Gasteiger partial charge >= 0.3 is 0 Å². The average molecular weight is 1720 g/mol. The Balaban J connectivity index is 0.000000220. The van der Waals surface area contributed by atoms with Gasteiger partial charge in [0.15, 0.2) is 48.4 Å². The van der Waals surface area contributed by atoms with Crippen molar-refractivity contribution in [2.45, 2.75) is 226 Å². The molecule has 12 rings (SSSR count). The number of anilines is 1. The lowest BCUT2D eigenvalue weighted by Gasteiger charge is -2.19. The van der Waals surface area contributed by atoms with Gasteiger partial charge in [-0.15, -0.1) is 11.3 Å². The van der Waals surface area contributed by atoms with E-state index in [0.717, 1.165) is 77.1 Å². The van der Waals surface area contributed by atoms with E-state index in [0.29, 0.717) is 51.5 Å². The van der Waals surface area contributed by atoms with Gasteiger partial charge in [0.2, 0.25) is 11.8 Å². The predicted octanol–water partition coefficient (Wildman–Crippen LogP) is 24.7. The molecular formula is C99H126ClN7O11S3. The van der Waals surface area contributed by atoms with Crippen LogP contribution in [0.3, 0.4) is 0 Å². The minimum atomic E-state index is -3.28. The van der Waals surface area contributed by atoms with Crippen molar-refractivity contribution in [1.29, 1.82) is 0 Å². The zero-order valence-corrected chi connectivity index (χ0v) is 79.8. The molecule has 22 heteroatoms. The molecule has 0 fully saturated rings. The average Bonchev–Trinajstić information content (AvgIpc) is 1.36. The summed E-state index contributed by atoms with van der Waals surface area (Å²) in [4.78, 5) is 67.0. The van der Waals surface area contributed by atoms with Crippen molar-refractivity contribution >= 4 is 88.6 Å². The van der Waals surface area contributed by atoms with Crippen LogP contribution < -0.4 is 5.32 Å². The number of aromatic nitrogens is 6. The summed E-state index contributed by atoms with van der Waals surface area (Å²) in [5, 5.41) is 11.8. The summed E-state index contributed by atoms with van der Waals surface area (Å²) < 4.78 is 64.7. The van der Waals surface area contributed by atoms with Crippen LogP contribution in [0, 0.1) is 75.5 Å². The van der Waals surface area contributed by atoms with Gasteiger partial charge in [-0.2, -0.15) is 15.2 Å². The Morgan fingerprint density at radius 1 is 0.496 bits per heavy atom. The van der Waals surface area contributed by atoms with Gasteiger partial charge in [-0.1, -0.05) is 230 Å². The van der Waals surface area contributed by atoms with Crippen molar-refractivity contribution < 1.29 is 49.6 Å². The smallest absolute Gasteiger partial charge is 0.230 e. The van der Waals surface area contributed by atoms with Crippen LogP contribution in [-0.4, -0.2) is 84.5 Å². The number of hydrogen-bond donors (Lipinski definition) is 1. The maximum Gasteiger partial charge on any atom is 0.230 e. The van der Waals surface area contributed by atoms with E-state index < -0.39 is 40.0 Å². The highest BCUT2D eigenvalue weighted by Gasteiger charge is 2.34. The maximum absolute atomic E-state index is 12.5. The van der Waals surface area contributed by atoms with Gasteiger partial charge in [0, 0.05) is 87.1 Å². The molecule has 0 unspecified atom stereocenters. The minimum Gasteiger partial charge on any atom is -0.454 e. The molecule has 0 saturated heterocycles. The third kappa shape index (κ3) is 28.2. The van der Waals surface area contributed by atoms with Crippen LogP contribution in [0.4, 0.5) is 5.82 Å². The van der Waals surface area contributed by atoms with E-state index in [9.17, 15) is 40.8 Å². The second kappa shape index (κ2) is 40.2. The molecule has 6 heterocycles. The summed E-state index contributed by atoms with van der Waals surface area (Å²) in [7, 11) is -2.84. The number of Topliss-reactive ketones (excluding diaryl/α,β-unsaturated/α-hetero) is 4. The van der Waals surface area contributed by atoms with Crippen LogP contribution in [0.2, 0.25) is 5.02 Å². The molecule has 0 aliphatic heterocycles. The molecule has 12 aromatic rings. The van der Waals surface area contributed by atoms with E-state index in [-0.39, 0.29) is 45.3 Å². The number of halogens is 1. The molecular weight excluding hydrogens is 1590 g/mol. The fraction of sp³-hybridized carbons (Fsp3) is 0.394. The summed E-state index contributed by atoms with van der Waals surface area (Å²) in [6.07, 6.45) is 3.84. The Bertz CT molecular complexity index is 5640. The van der Waals surface area contributed by atoms with Gasteiger partial charge in [0.1, 0.15) is 23.8 Å². The fourth-order valence-corrected chi connectivity index (χ4v) is 14.6. The van der Waals surface area contributed by atoms with Crippen molar-refractivity contribution in [3.63, 3.8) is 0 Å². The van der Waals surface area contributed by atoms with Gasteiger partial charge in [-0.3, -0.25) is 33.3 Å². The standard InChI is InChI=1S/C17H19NO2S.2C17H20O2S.C15H18N2O2.C13H17ClO.C11H18N2O.C9H14N2O/c1-10-6-7-15(21-10)14-8-11-13(20-14)9-12(18(11)5)16(19)17(2,3)4;2*1-13-5-7-14(8-6-13)15-9-11-16(12-10-15)20(18,19)17(2,3)4;1-10-12(17-14(18)15(2,3)4)16-13(19-10)11-8-6-5-7-9-11;1-9-7-10(5-6-11(9)14)8-12(15)13(2,3)4;1-8-6-9(2)13(12-8)7-10(14)11(3,4)5;1-9(2,3)8(12)7-5-10-11(4)6-7/h6-9H,1-5H3;2*5-12H,1-4H3;5-9H,1-4H3,(H,17,18);5-7H,8H2,1-4H3;6H,7H2,1-5H3;5-6H,1-4H3. The number of ketones is 4. The van der Waals surface area contributed by atoms with E-state index in [1.165, 1.54) is 16.0 Å². The van der Waals surface area contributed by atoms with Gasteiger partial charge in [-0.05, 0) is 184 Å². The van der Waals surface area contributed by atoms with Crippen LogP contribution >= 0.6 is 22.9 Å². The second-order valence-electron chi connectivity index (χ2n) is 37.6. The van der Waals surface area contributed by atoms with Gasteiger partial charge < -0.3 is 18.7 Å². The Morgan fingerprint density at radius 3 is 1.35 bits per heavy atom. The van der Waals surface area contributed by atoms with Crippen LogP contribution in [0.5, 0.6) is 0 Å². The predicted molar refractivity (Wildman–Crippen MR) is 496 cm³/mol. The van der Waals surface area contributed by atoms with Gasteiger partial charge in [0.25, 0.3) is 0 Å². The number of carbonyl (C=O) groups excluding carboxylic acids is 5. The number of oxazole rings is 1. The van der Waals surface area contributed by atoms with Crippen LogP contribution in [0.1, 0.15) is 211 Å². The first-order valence-corrected chi connectivity index (χ1v) is 44.5. The summed E-state index contributed by atoms with van der Waals surface area (Å²) >= 11 is 7.63. The number of thiophene rings is 1. The van der Waals surface area contributed by atoms with Gasteiger partial charge in [0.05, 0.1) is 52.8 Å². The fourth-order valence-electron chi connectivity index (χ4n) is 11.2. The molecule has 0 bridgehead atoms. The highest BCUT2D eigenvalue weighted by molar-refractivity contribution is 7.93. The highest BCUT2D eigenvalue weighted by Crippen LogP contribution is 2.37. The summed E-state index contributed by atoms with van der Waals surface area (Å²) in [5.41, 5.74) is 13.0. The molecule has 0 atom stereocenters. The first-order chi connectivity index (χ1) is 55.6. The number of benzene rings is 6. The molecule has 0 aliphatic rings. The Kier molecular flexibility index (Phi) is 33.1. The van der Waals surface area contributed by atoms with Crippen LogP contribution in [0.25, 0.3) is 55.4 Å². The maximum atomic E-state index is 12.5. The second-order valence-corrected chi connectivity index (χ2v) is 44.7. The first kappa shape index (κ1) is 99.6. The third-order valence-corrected chi connectivity index (χ3v) is 25.8. The molecule has 0 aliphatic carbocycles. The topological polar surface area (TPSA) is 245 Å². The lowest BCUT2D eigenvalue weighted by Crippen LogP contribution is -2.28. The number of furan rings is 1. The lowest BCUT2D eigenvalue weighted by atomic mass is 9.87. The SMILES string of the molecule is Cc1cc(C)n(CC(=O)C(C)(C)C)n1.Cc1cc(CC(=O)C(C)(C)C)ccc1Cl.Cc1ccc(-c2cc3c(cc(C(=O)C(C)(C)C)n3C)o2)s1.Cc1ccc(-c2ccc(S(=O)(=O)C(C)(C)C)cc2)cc1.Cc1ccc(-c2ccc(S(=O)(=O)C(C)(C)C)cc2)cc1.Cc1oc(-c2ccccc2)nc1NC(=O)C(C)(C)C.Cn1cc(C(=O)C(C)(C)C)cn1. The number of carbonyl (C=O) groups is 5. The van der Waals surface area contributed by atoms with E-state index in [2.05, 4.69) is 63.8 Å². The molecule has 0 saturated carbocycles. The molecule has 1 N–H and O–H groups in total. The van der Waals surface area contributed by atoms with Gasteiger partial charge in [-0.25, -0.2) is 16.8 Å². The largest absolute Gasteiger partial charge is 0.454 e. The van der Waals surface area contributed by atoms with E-state index >= 15 is 0 Å². The summed E-state index contributed by atoms with van der Waals surface area (Å²) in [6, 6.07) is 55.9. The number of rotatable bonds is 13. The minimum absolute atomic E-state index is 0.0801. The molecule has 6 aromatic heterocycles. The molecule has 121 heavy (non-hydrogen) atoms. The number of sulfone groups is 2. The third-order valence-electron chi connectivity index (χ3n) is 19.4.